The summed E-state index contributed by atoms with van der Waals surface area (Å²) in [5.41, 5.74) is 3.30. The number of rotatable bonds is 6. The van der Waals surface area contributed by atoms with E-state index in [1.165, 1.54) is 0 Å². The van der Waals surface area contributed by atoms with E-state index in [9.17, 15) is 14.4 Å². The molecule has 3 amide bonds. The van der Waals surface area contributed by atoms with Crippen molar-refractivity contribution in [3.63, 3.8) is 0 Å². The fourth-order valence-electron chi connectivity index (χ4n) is 3.68. The van der Waals surface area contributed by atoms with Gasteiger partial charge in [0.15, 0.2) is 5.82 Å². The second-order valence-electron chi connectivity index (χ2n) is 8.03. The maximum Gasteiger partial charge on any atom is 0.414 e. The van der Waals surface area contributed by atoms with Crippen LogP contribution in [0.25, 0.3) is 0 Å². The molecule has 0 bridgehead atoms. The van der Waals surface area contributed by atoms with Crippen LogP contribution in [0.2, 0.25) is 0 Å². The fourth-order valence-corrected chi connectivity index (χ4v) is 3.68. The van der Waals surface area contributed by atoms with Crippen LogP contribution < -0.4 is 10.2 Å². The number of carbonyl (C=O) groups excluding carboxylic acids is 3. The number of H-pyrrole nitrogens is 1. The molecule has 2 aliphatic heterocycles. The van der Waals surface area contributed by atoms with Gasteiger partial charge >= 0.3 is 6.09 Å². The van der Waals surface area contributed by atoms with Crippen LogP contribution in [-0.4, -0.2) is 46.2 Å². The molecule has 158 valence electrons. The average Bonchev–Trinajstić information content (AvgIpc) is 3.39. The van der Waals surface area contributed by atoms with Crippen molar-refractivity contribution >= 4 is 29.4 Å². The molecule has 2 N–H and O–H groups in total. The van der Waals surface area contributed by atoms with E-state index < -0.39 is 0 Å². The minimum atomic E-state index is -0.353. The largest absolute Gasteiger partial charge is 0.447 e. The molecule has 0 unspecified atom stereocenters. The molecule has 1 aromatic heterocycles. The Bertz CT molecular complexity index is 966. The number of carbonyl (C=O) groups is 3. The molecule has 2 aromatic rings. The van der Waals surface area contributed by atoms with Crippen molar-refractivity contribution in [2.45, 2.75) is 39.8 Å². The Morgan fingerprint density at radius 3 is 2.67 bits per heavy atom. The van der Waals surface area contributed by atoms with Gasteiger partial charge in [-0.3, -0.25) is 19.6 Å². The minimum Gasteiger partial charge on any atom is -0.447 e. The average molecular weight is 411 g/mol. The Labute approximate surface area is 174 Å². The second-order valence-corrected chi connectivity index (χ2v) is 8.03. The first-order chi connectivity index (χ1) is 14.4. The standard InChI is InChI=1S/C21H25N5O4/c1-13(2)9-19(28)25-11-16-17(12-25)23-24-20(16)22-18(27)10-14-3-5-15(6-4-14)26-7-8-30-21(26)29/h3-6,13H,7-12H2,1-2H3,(H2,22,23,24,27). The first kappa shape index (κ1) is 19.9. The van der Waals surface area contributed by atoms with E-state index in [1.54, 1.807) is 21.9 Å². The van der Waals surface area contributed by atoms with Crippen molar-refractivity contribution in [3.8, 4) is 0 Å². The van der Waals surface area contributed by atoms with Crippen LogP contribution in [0.4, 0.5) is 16.3 Å². The number of anilines is 2. The van der Waals surface area contributed by atoms with Gasteiger partial charge in [0, 0.05) is 17.7 Å². The van der Waals surface area contributed by atoms with Crippen molar-refractivity contribution in [1.82, 2.24) is 15.1 Å². The van der Waals surface area contributed by atoms with Gasteiger partial charge in [0.2, 0.25) is 11.8 Å². The van der Waals surface area contributed by atoms with E-state index in [-0.39, 0.29) is 24.3 Å². The molecule has 4 rings (SSSR count). The van der Waals surface area contributed by atoms with Gasteiger partial charge in [-0.05, 0) is 23.6 Å². The molecule has 1 saturated heterocycles. The number of fused-ring (bicyclic) bond motifs is 1. The molecule has 0 aliphatic carbocycles. The molecule has 9 nitrogen and oxygen atoms in total. The molecule has 30 heavy (non-hydrogen) atoms. The Hall–Kier alpha value is -3.36. The van der Waals surface area contributed by atoms with Crippen molar-refractivity contribution in [3.05, 3.63) is 41.1 Å². The summed E-state index contributed by atoms with van der Waals surface area (Å²) in [7, 11) is 0. The lowest BCUT2D eigenvalue weighted by Gasteiger charge is -2.17. The Morgan fingerprint density at radius 2 is 2.00 bits per heavy atom. The smallest absolute Gasteiger partial charge is 0.414 e. The maximum atomic E-state index is 12.5. The lowest BCUT2D eigenvalue weighted by atomic mass is 10.1. The lowest BCUT2D eigenvalue weighted by Crippen LogP contribution is -2.27. The molecule has 3 heterocycles. The summed E-state index contributed by atoms with van der Waals surface area (Å²) in [5, 5.41) is 9.97. The van der Waals surface area contributed by atoms with E-state index in [0.29, 0.717) is 44.4 Å². The van der Waals surface area contributed by atoms with E-state index in [4.69, 9.17) is 4.74 Å². The second kappa shape index (κ2) is 8.17. The van der Waals surface area contributed by atoms with Crippen LogP contribution in [0, 0.1) is 5.92 Å². The highest BCUT2D eigenvalue weighted by Gasteiger charge is 2.29. The topological polar surface area (TPSA) is 108 Å². The molecule has 9 heteroatoms. The summed E-state index contributed by atoms with van der Waals surface area (Å²) in [4.78, 5) is 39.8. The first-order valence-electron chi connectivity index (χ1n) is 10.1. The lowest BCUT2D eigenvalue weighted by molar-refractivity contribution is -0.132. The molecule has 0 radical (unpaired) electrons. The zero-order chi connectivity index (χ0) is 21.3. The number of nitrogens with zero attached hydrogens (tertiary/aromatic N) is 3. The van der Waals surface area contributed by atoms with Gasteiger partial charge in [-0.2, -0.15) is 5.10 Å². The van der Waals surface area contributed by atoms with Gasteiger partial charge in [0.05, 0.1) is 31.7 Å². The minimum absolute atomic E-state index is 0.105. The van der Waals surface area contributed by atoms with Crippen LogP contribution in [0.15, 0.2) is 24.3 Å². The van der Waals surface area contributed by atoms with E-state index in [0.717, 1.165) is 22.5 Å². The quantitative estimate of drug-likeness (QED) is 0.759. The molecular formula is C21H25N5O4. The summed E-state index contributed by atoms with van der Waals surface area (Å²) in [6, 6.07) is 7.25. The summed E-state index contributed by atoms with van der Waals surface area (Å²) in [6.07, 6.45) is 0.334. The third kappa shape index (κ3) is 4.14. The third-order valence-electron chi connectivity index (χ3n) is 5.22. The van der Waals surface area contributed by atoms with E-state index in [2.05, 4.69) is 15.5 Å². The number of benzene rings is 1. The van der Waals surface area contributed by atoms with Crippen LogP contribution >= 0.6 is 0 Å². The number of cyclic esters (lactones) is 1. The molecule has 1 aromatic carbocycles. The van der Waals surface area contributed by atoms with Crippen LogP contribution in [-0.2, 0) is 33.8 Å². The molecular weight excluding hydrogens is 386 g/mol. The summed E-state index contributed by atoms with van der Waals surface area (Å²) in [5.74, 6) is 0.695. The number of amides is 3. The van der Waals surface area contributed by atoms with Gasteiger partial charge in [0.25, 0.3) is 0 Å². The van der Waals surface area contributed by atoms with Crippen molar-refractivity contribution in [2.24, 2.45) is 5.92 Å². The van der Waals surface area contributed by atoms with Gasteiger partial charge in [-0.25, -0.2) is 4.79 Å². The van der Waals surface area contributed by atoms with Crippen LogP contribution in [0.5, 0.6) is 0 Å². The predicted molar refractivity (Wildman–Crippen MR) is 110 cm³/mol. The van der Waals surface area contributed by atoms with Crippen LogP contribution in [0.1, 0.15) is 37.1 Å². The fraction of sp³-hybridized carbons (Fsp3) is 0.429. The number of aromatic amines is 1. The zero-order valence-electron chi connectivity index (χ0n) is 17.1. The van der Waals surface area contributed by atoms with Crippen molar-refractivity contribution in [1.29, 1.82) is 0 Å². The van der Waals surface area contributed by atoms with Gasteiger partial charge in [-0.15, -0.1) is 0 Å². The van der Waals surface area contributed by atoms with E-state index >= 15 is 0 Å². The highest BCUT2D eigenvalue weighted by molar-refractivity contribution is 5.93. The zero-order valence-corrected chi connectivity index (χ0v) is 17.1. The molecule has 1 fully saturated rings. The Morgan fingerprint density at radius 1 is 1.23 bits per heavy atom. The van der Waals surface area contributed by atoms with E-state index in [1.807, 2.05) is 26.0 Å². The molecule has 0 atom stereocenters. The number of nitrogens with one attached hydrogen (secondary N) is 2. The van der Waals surface area contributed by atoms with Gasteiger partial charge < -0.3 is 15.0 Å². The van der Waals surface area contributed by atoms with Crippen molar-refractivity contribution in [2.75, 3.05) is 23.4 Å². The molecule has 2 aliphatic rings. The monoisotopic (exact) mass is 411 g/mol. The SMILES string of the molecule is CC(C)CC(=O)N1Cc2[nH]nc(NC(=O)Cc3ccc(N4CCOC4=O)cc3)c2C1. The number of hydrogen-bond donors (Lipinski definition) is 2. The number of ether oxygens (including phenoxy) is 1. The molecule has 0 spiro atoms. The Balaban J connectivity index is 1.35. The van der Waals surface area contributed by atoms with Gasteiger partial charge in [-0.1, -0.05) is 26.0 Å². The summed E-state index contributed by atoms with van der Waals surface area (Å²) in [6.45, 7) is 5.89. The third-order valence-corrected chi connectivity index (χ3v) is 5.22. The highest BCUT2D eigenvalue weighted by atomic mass is 16.6. The van der Waals surface area contributed by atoms with Crippen molar-refractivity contribution < 1.29 is 19.1 Å². The molecule has 0 saturated carbocycles. The highest BCUT2D eigenvalue weighted by Crippen LogP contribution is 2.28. The summed E-state index contributed by atoms with van der Waals surface area (Å²) >= 11 is 0. The first-order valence-corrected chi connectivity index (χ1v) is 10.1. The Kier molecular flexibility index (Phi) is 5.43. The predicted octanol–water partition coefficient (Wildman–Crippen LogP) is 2.44. The van der Waals surface area contributed by atoms with Crippen LogP contribution in [0.3, 0.4) is 0 Å². The summed E-state index contributed by atoms with van der Waals surface area (Å²) < 4.78 is 4.94. The maximum absolute atomic E-state index is 12.5. The number of aromatic nitrogens is 2. The van der Waals surface area contributed by atoms with Gasteiger partial charge in [0.1, 0.15) is 6.61 Å². The number of hydrogen-bond acceptors (Lipinski definition) is 5. The normalized spacial score (nSPS) is 15.5.